The van der Waals surface area contributed by atoms with Crippen LogP contribution in [0.15, 0.2) is 76.2 Å². The fourth-order valence-corrected chi connectivity index (χ4v) is 4.32. The van der Waals surface area contributed by atoms with Crippen LogP contribution in [0, 0.1) is 0 Å². The van der Waals surface area contributed by atoms with Gasteiger partial charge >= 0.3 is 5.97 Å². The predicted octanol–water partition coefficient (Wildman–Crippen LogP) is 4.50. The lowest BCUT2D eigenvalue weighted by Gasteiger charge is -2.18. The van der Waals surface area contributed by atoms with E-state index in [0.717, 1.165) is 17.5 Å². The number of aryl methyl sites for hydroxylation is 1. The molecule has 0 aliphatic carbocycles. The molecule has 30 heavy (non-hydrogen) atoms. The van der Waals surface area contributed by atoms with E-state index in [-0.39, 0.29) is 10.9 Å². The van der Waals surface area contributed by atoms with Gasteiger partial charge in [0.1, 0.15) is 11.8 Å². The van der Waals surface area contributed by atoms with Gasteiger partial charge in [-0.1, -0.05) is 35.9 Å². The number of rotatable bonds is 9. The second kappa shape index (κ2) is 9.93. The number of halogens is 1. The number of nitrogens with one attached hydrogen (secondary N) is 1. The topological polar surface area (TPSA) is 85.6 Å². The van der Waals surface area contributed by atoms with Crippen molar-refractivity contribution in [2.45, 2.75) is 30.2 Å². The minimum absolute atomic E-state index is 0.114. The summed E-state index contributed by atoms with van der Waals surface area (Å²) in [5, 5.41) is 0.458. The van der Waals surface area contributed by atoms with E-state index in [9.17, 15) is 13.2 Å². The van der Waals surface area contributed by atoms with E-state index in [1.165, 1.54) is 37.6 Å². The zero-order valence-corrected chi connectivity index (χ0v) is 17.9. The van der Waals surface area contributed by atoms with Crippen molar-refractivity contribution in [2.24, 2.45) is 0 Å². The van der Waals surface area contributed by atoms with Crippen LogP contribution in [0.5, 0.6) is 0 Å². The van der Waals surface area contributed by atoms with Crippen molar-refractivity contribution < 1.29 is 22.4 Å². The summed E-state index contributed by atoms with van der Waals surface area (Å²) in [6.07, 6.45) is 3.25. The summed E-state index contributed by atoms with van der Waals surface area (Å²) >= 11 is 5.87. The fourth-order valence-electron chi connectivity index (χ4n) is 3.00. The number of methoxy groups -OCH3 is 1. The first-order chi connectivity index (χ1) is 14.4. The standard InChI is InChI=1S/C22H22ClNO5S/c1-28-21(25)6-2-4-16-7-9-17(10-8-16)22(20-5-3-15-29-20)24-30(26,27)19-13-11-18(23)12-14-19/h3,5,7-15,22,24H,2,4,6H2,1H3. The molecule has 0 saturated carbocycles. The predicted molar refractivity (Wildman–Crippen MR) is 114 cm³/mol. The monoisotopic (exact) mass is 447 g/mol. The average Bonchev–Trinajstić information content (AvgIpc) is 3.27. The highest BCUT2D eigenvalue weighted by atomic mass is 35.5. The smallest absolute Gasteiger partial charge is 0.305 e. The maximum atomic E-state index is 12.9. The molecule has 158 valence electrons. The number of hydrogen-bond donors (Lipinski definition) is 1. The van der Waals surface area contributed by atoms with Crippen LogP contribution in [0.4, 0.5) is 0 Å². The Bertz CT molecular complexity index is 1060. The lowest BCUT2D eigenvalue weighted by Crippen LogP contribution is -2.29. The van der Waals surface area contributed by atoms with Crippen molar-refractivity contribution in [1.29, 1.82) is 0 Å². The van der Waals surface area contributed by atoms with Crippen molar-refractivity contribution >= 4 is 27.6 Å². The molecular weight excluding hydrogens is 426 g/mol. The van der Waals surface area contributed by atoms with Gasteiger partial charge in [-0.3, -0.25) is 4.79 Å². The first-order valence-corrected chi connectivity index (χ1v) is 11.2. The number of ether oxygens (including phenoxy) is 1. The molecule has 1 aromatic heterocycles. The molecule has 0 spiro atoms. The molecule has 6 nitrogen and oxygen atoms in total. The Morgan fingerprint density at radius 1 is 1.10 bits per heavy atom. The summed E-state index contributed by atoms with van der Waals surface area (Å²) in [6.45, 7) is 0. The largest absolute Gasteiger partial charge is 0.469 e. The number of carbonyl (C=O) groups excluding carboxylic acids is 1. The molecule has 0 saturated heterocycles. The molecule has 1 N–H and O–H groups in total. The molecular formula is C22H22ClNO5S. The van der Waals surface area contributed by atoms with Crippen molar-refractivity contribution in [3.63, 3.8) is 0 Å². The Labute approximate surface area is 180 Å². The number of esters is 1. The second-order valence-electron chi connectivity index (χ2n) is 6.69. The molecule has 8 heteroatoms. The minimum atomic E-state index is -3.81. The first-order valence-electron chi connectivity index (χ1n) is 9.36. The second-order valence-corrected chi connectivity index (χ2v) is 8.85. The van der Waals surface area contributed by atoms with E-state index in [4.69, 9.17) is 16.0 Å². The molecule has 1 atom stereocenters. The van der Waals surface area contributed by atoms with Gasteiger partial charge in [-0.25, -0.2) is 8.42 Å². The van der Waals surface area contributed by atoms with Crippen LogP contribution in [-0.2, 0) is 26.0 Å². The van der Waals surface area contributed by atoms with E-state index < -0.39 is 16.1 Å². The average molecular weight is 448 g/mol. The summed E-state index contributed by atoms with van der Waals surface area (Å²) in [5.41, 5.74) is 1.78. The molecule has 1 unspecified atom stereocenters. The molecule has 0 amide bonds. The van der Waals surface area contributed by atoms with Gasteiger partial charge in [0.15, 0.2) is 0 Å². The Morgan fingerprint density at radius 3 is 2.40 bits per heavy atom. The van der Waals surface area contributed by atoms with Crippen molar-refractivity contribution in [3.05, 3.63) is 88.8 Å². The van der Waals surface area contributed by atoms with Crippen LogP contribution in [-0.4, -0.2) is 21.5 Å². The van der Waals surface area contributed by atoms with E-state index in [1.807, 2.05) is 24.3 Å². The lowest BCUT2D eigenvalue weighted by atomic mass is 10.0. The van der Waals surface area contributed by atoms with Gasteiger partial charge in [0.25, 0.3) is 0 Å². The van der Waals surface area contributed by atoms with Crippen molar-refractivity contribution in [3.8, 4) is 0 Å². The Balaban J connectivity index is 1.79. The van der Waals surface area contributed by atoms with Crippen molar-refractivity contribution in [1.82, 2.24) is 4.72 Å². The van der Waals surface area contributed by atoms with E-state index in [0.29, 0.717) is 23.6 Å². The summed E-state index contributed by atoms with van der Waals surface area (Å²) < 4.78 is 38.6. The minimum Gasteiger partial charge on any atom is -0.469 e. The fraction of sp³-hybridized carbons (Fsp3) is 0.227. The summed E-state index contributed by atoms with van der Waals surface area (Å²) in [7, 11) is -2.44. The number of carbonyl (C=O) groups is 1. The normalized spacial score (nSPS) is 12.5. The van der Waals surface area contributed by atoms with Gasteiger partial charge in [0, 0.05) is 11.4 Å². The molecule has 2 aromatic carbocycles. The SMILES string of the molecule is COC(=O)CCCc1ccc(C(NS(=O)(=O)c2ccc(Cl)cc2)c2ccco2)cc1. The van der Waals surface area contributed by atoms with Crippen molar-refractivity contribution in [2.75, 3.05) is 7.11 Å². The molecule has 0 aliphatic heterocycles. The third-order valence-electron chi connectivity index (χ3n) is 4.61. The molecule has 0 fully saturated rings. The molecule has 0 radical (unpaired) electrons. The number of benzene rings is 2. The van der Waals surface area contributed by atoms with Crippen LogP contribution in [0.3, 0.4) is 0 Å². The Kier molecular flexibility index (Phi) is 7.31. The Hall–Kier alpha value is -2.61. The maximum absolute atomic E-state index is 12.9. The van der Waals surface area contributed by atoms with Gasteiger partial charge in [-0.15, -0.1) is 0 Å². The Morgan fingerprint density at radius 2 is 1.80 bits per heavy atom. The van der Waals surface area contributed by atoms with E-state index in [2.05, 4.69) is 9.46 Å². The molecule has 1 heterocycles. The first kappa shape index (κ1) is 22.1. The van der Waals surface area contributed by atoms with Crippen LogP contribution in [0.25, 0.3) is 0 Å². The summed E-state index contributed by atoms with van der Waals surface area (Å²) in [4.78, 5) is 11.4. The number of furan rings is 1. The number of sulfonamides is 1. The molecule has 0 aliphatic rings. The zero-order valence-electron chi connectivity index (χ0n) is 16.4. The van der Waals surface area contributed by atoms with Gasteiger partial charge in [-0.2, -0.15) is 4.72 Å². The van der Waals surface area contributed by atoms with Crippen LogP contribution < -0.4 is 4.72 Å². The summed E-state index contributed by atoms with van der Waals surface area (Å²) in [6, 6.07) is 16.2. The highest BCUT2D eigenvalue weighted by molar-refractivity contribution is 7.89. The quantitative estimate of drug-likeness (QED) is 0.488. The van der Waals surface area contributed by atoms with Gasteiger partial charge in [-0.05, 0) is 60.4 Å². The maximum Gasteiger partial charge on any atom is 0.305 e. The third-order valence-corrected chi connectivity index (χ3v) is 6.30. The molecule has 3 aromatic rings. The number of hydrogen-bond acceptors (Lipinski definition) is 5. The van der Waals surface area contributed by atoms with Crippen LogP contribution in [0.2, 0.25) is 5.02 Å². The van der Waals surface area contributed by atoms with Crippen LogP contribution in [0.1, 0.15) is 35.8 Å². The van der Waals surface area contributed by atoms with E-state index in [1.54, 1.807) is 12.1 Å². The highest BCUT2D eigenvalue weighted by Gasteiger charge is 2.25. The van der Waals surface area contributed by atoms with Crippen LogP contribution >= 0.6 is 11.6 Å². The van der Waals surface area contributed by atoms with Gasteiger partial charge < -0.3 is 9.15 Å². The van der Waals surface area contributed by atoms with Gasteiger partial charge in [0.05, 0.1) is 18.3 Å². The lowest BCUT2D eigenvalue weighted by molar-refractivity contribution is -0.140. The van der Waals surface area contributed by atoms with E-state index >= 15 is 0 Å². The highest BCUT2D eigenvalue weighted by Crippen LogP contribution is 2.26. The zero-order chi connectivity index (χ0) is 21.6. The third kappa shape index (κ3) is 5.72. The summed E-state index contributed by atoms with van der Waals surface area (Å²) in [5.74, 6) is 0.243. The van der Waals surface area contributed by atoms with Gasteiger partial charge in [0.2, 0.25) is 10.0 Å². The molecule has 0 bridgehead atoms. The molecule has 3 rings (SSSR count).